The molecule has 152 valence electrons. The fourth-order valence-corrected chi connectivity index (χ4v) is 4.82. The predicted molar refractivity (Wildman–Crippen MR) is 124 cm³/mol. The van der Waals surface area contributed by atoms with Gasteiger partial charge in [0.05, 0.1) is 9.37 Å². The second-order valence-electron chi connectivity index (χ2n) is 6.34. The SMILES string of the molecule is O=S(=O)(Nn1nc(-c2ccc(Cl)cc2)c(Br)c1-c1ccc(Cl)cc1)c1ccccc1. The molecule has 0 aliphatic carbocycles. The van der Waals surface area contributed by atoms with E-state index in [-0.39, 0.29) is 4.90 Å². The van der Waals surface area contributed by atoms with E-state index in [2.05, 4.69) is 25.9 Å². The van der Waals surface area contributed by atoms with Gasteiger partial charge >= 0.3 is 0 Å². The molecule has 0 fully saturated rings. The summed E-state index contributed by atoms with van der Waals surface area (Å²) in [6.07, 6.45) is 0. The molecule has 0 aliphatic heterocycles. The van der Waals surface area contributed by atoms with Gasteiger partial charge in [0.2, 0.25) is 0 Å². The maximum Gasteiger partial charge on any atom is 0.276 e. The molecule has 0 spiro atoms. The summed E-state index contributed by atoms with van der Waals surface area (Å²) < 4.78 is 26.5. The van der Waals surface area contributed by atoms with Crippen molar-refractivity contribution in [1.29, 1.82) is 0 Å². The van der Waals surface area contributed by atoms with Crippen LogP contribution >= 0.6 is 39.1 Å². The zero-order valence-corrected chi connectivity index (χ0v) is 19.2. The van der Waals surface area contributed by atoms with E-state index in [1.165, 1.54) is 16.9 Å². The van der Waals surface area contributed by atoms with Crippen LogP contribution in [-0.2, 0) is 10.0 Å². The van der Waals surface area contributed by atoms with Gasteiger partial charge < -0.3 is 0 Å². The number of aromatic nitrogens is 2. The summed E-state index contributed by atoms with van der Waals surface area (Å²) in [6, 6.07) is 22.3. The van der Waals surface area contributed by atoms with Gasteiger partial charge in [0.25, 0.3) is 10.0 Å². The first-order valence-electron chi connectivity index (χ1n) is 8.73. The molecule has 3 aromatic carbocycles. The third-order valence-electron chi connectivity index (χ3n) is 4.32. The van der Waals surface area contributed by atoms with Crippen molar-refractivity contribution in [2.24, 2.45) is 0 Å². The lowest BCUT2D eigenvalue weighted by atomic mass is 10.1. The monoisotopic (exact) mass is 521 g/mol. The first-order chi connectivity index (χ1) is 14.3. The molecular weight excluding hydrogens is 509 g/mol. The van der Waals surface area contributed by atoms with Gasteiger partial charge in [-0.2, -0.15) is 18.0 Å². The van der Waals surface area contributed by atoms with Crippen LogP contribution in [0.15, 0.2) is 88.2 Å². The molecule has 1 aromatic heterocycles. The highest BCUT2D eigenvalue weighted by atomic mass is 79.9. The van der Waals surface area contributed by atoms with Crippen molar-refractivity contribution in [2.75, 3.05) is 4.83 Å². The Bertz CT molecular complexity index is 1290. The fraction of sp³-hybridized carbons (Fsp3) is 0. The molecule has 5 nitrogen and oxygen atoms in total. The third kappa shape index (κ3) is 4.25. The normalized spacial score (nSPS) is 11.4. The zero-order chi connectivity index (χ0) is 21.3. The number of halogens is 3. The van der Waals surface area contributed by atoms with E-state index in [0.717, 1.165) is 11.1 Å². The second-order valence-corrected chi connectivity index (χ2v) is 9.67. The first kappa shape index (κ1) is 20.9. The zero-order valence-electron chi connectivity index (χ0n) is 15.3. The van der Waals surface area contributed by atoms with Crippen molar-refractivity contribution >= 4 is 49.2 Å². The van der Waals surface area contributed by atoms with Gasteiger partial charge in [-0.3, -0.25) is 0 Å². The van der Waals surface area contributed by atoms with Crippen molar-refractivity contribution in [2.45, 2.75) is 4.90 Å². The molecule has 9 heteroatoms. The summed E-state index contributed by atoms with van der Waals surface area (Å²) in [5, 5.41) is 5.69. The van der Waals surface area contributed by atoms with Crippen LogP contribution < -0.4 is 4.83 Å². The lowest BCUT2D eigenvalue weighted by molar-refractivity contribution is 0.592. The average Bonchev–Trinajstić information content (AvgIpc) is 3.05. The average molecular weight is 523 g/mol. The molecule has 0 atom stereocenters. The Morgan fingerprint density at radius 2 is 1.33 bits per heavy atom. The van der Waals surface area contributed by atoms with E-state index in [1.54, 1.807) is 54.6 Å². The van der Waals surface area contributed by atoms with E-state index in [1.807, 2.05) is 12.1 Å². The number of sulfonamides is 1. The fourth-order valence-electron chi connectivity index (χ4n) is 2.88. The van der Waals surface area contributed by atoms with E-state index in [9.17, 15) is 8.42 Å². The van der Waals surface area contributed by atoms with Gasteiger partial charge in [0, 0.05) is 21.2 Å². The van der Waals surface area contributed by atoms with Crippen LogP contribution in [-0.4, -0.2) is 18.3 Å². The molecule has 0 saturated heterocycles. The molecule has 0 saturated carbocycles. The third-order valence-corrected chi connectivity index (χ3v) is 6.88. The maximum absolute atomic E-state index is 12.9. The van der Waals surface area contributed by atoms with Gasteiger partial charge in [-0.25, -0.2) is 0 Å². The highest BCUT2D eigenvalue weighted by Crippen LogP contribution is 2.37. The van der Waals surface area contributed by atoms with Crippen LogP contribution in [0.1, 0.15) is 0 Å². The molecule has 1 heterocycles. The van der Waals surface area contributed by atoms with E-state index in [4.69, 9.17) is 23.2 Å². The van der Waals surface area contributed by atoms with Crippen molar-refractivity contribution in [1.82, 2.24) is 9.89 Å². The lowest BCUT2D eigenvalue weighted by Gasteiger charge is -2.11. The Hall–Kier alpha value is -2.32. The van der Waals surface area contributed by atoms with E-state index < -0.39 is 10.0 Å². The van der Waals surface area contributed by atoms with Crippen molar-refractivity contribution < 1.29 is 8.42 Å². The van der Waals surface area contributed by atoms with Crippen LogP contribution in [0.25, 0.3) is 22.5 Å². The van der Waals surface area contributed by atoms with Crippen molar-refractivity contribution in [3.8, 4) is 22.5 Å². The molecule has 4 rings (SSSR count). The van der Waals surface area contributed by atoms with Gasteiger partial charge in [-0.1, -0.05) is 65.7 Å². The Balaban J connectivity index is 1.87. The Kier molecular flexibility index (Phi) is 5.88. The molecule has 0 amide bonds. The van der Waals surface area contributed by atoms with Gasteiger partial charge in [-0.15, -0.1) is 5.10 Å². The molecule has 0 radical (unpaired) electrons. The summed E-state index contributed by atoms with van der Waals surface area (Å²) in [5.41, 5.74) is 2.61. The lowest BCUT2D eigenvalue weighted by Crippen LogP contribution is -2.25. The number of hydrogen-bond donors (Lipinski definition) is 1. The quantitative estimate of drug-likeness (QED) is 0.338. The summed E-state index contributed by atoms with van der Waals surface area (Å²) in [7, 11) is -3.86. The minimum atomic E-state index is -3.86. The van der Waals surface area contributed by atoms with Crippen LogP contribution in [0.5, 0.6) is 0 Å². The minimum Gasteiger partial charge on any atom is -0.200 e. The predicted octanol–water partition coefficient (Wildman–Crippen LogP) is 6.22. The molecule has 4 aromatic rings. The number of benzene rings is 3. The minimum absolute atomic E-state index is 0.131. The summed E-state index contributed by atoms with van der Waals surface area (Å²) in [6.45, 7) is 0. The van der Waals surface area contributed by atoms with Crippen molar-refractivity contribution in [3.63, 3.8) is 0 Å². The standard InChI is InChI=1S/C21H14BrCl2N3O2S/c22-19-20(14-6-10-16(23)11-7-14)25-27(21(19)15-8-12-17(24)13-9-15)26-30(28,29)18-4-2-1-3-5-18/h1-13,26H. The van der Waals surface area contributed by atoms with Gasteiger partial charge in [-0.05, 0) is 52.3 Å². The molecule has 0 bridgehead atoms. The number of hydrogen-bond acceptors (Lipinski definition) is 3. The highest BCUT2D eigenvalue weighted by Gasteiger charge is 2.23. The molecule has 0 aliphatic rings. The van der Waals surface area contributed by atoms with Crippen LogP contribution in [0.4, 0.5) is 0 Å². The maximum atomic E-state index is 12.9. The Labute approximate surface area is 192 Å². The van der Waals surface area contributed by atoms with Gasteiger partial charge in [0.1, 0.15) is 11.4 Å². The molecular formula is C21H14BrCl2N3O2S. The summed E-state index contributed by atoms with van der Waals surface area (Å²) >= 11 is 15.6. The van der Waals surface area contributed by atoms with Crippen LogP contribution in [0.3, 0.4) is 0 Å². The van der Waals surface area contributed by atoms with Crippen LogP contribution in [0.2, 0.25) is 10.0 Å². The number of rotatable bonds is 5. The smallest absolute Gasteiger partial charge is 0.200 e. The Morgan fingerprint density at radius 1 is 0.800 bits per heavy atom. The van der Waals surface area contributed by atoms with Crippen molar-refractivity contribution in [3.05, 3.63) is 93.4 Å². The molecule has 30 heavy (non-hydrogen) atoms. The second kappa shape index (κ2) is 8.43. The number of nitrogens with one attached hydrogen (secondary N) is 1. The summed E-state index contributed by atoms with van der Waals surface area (Å²) in [5.74, 6) is 0. The van der Waals surface area contributed by atoms with E-state index >= 15 is 0 Å². The van der Waals surface area contributed by atoms with Crippen LogP contribution in [0, 0.1) is 0 Å². The largest absolute Gasteiger partial charge is 0.276 e. The molecule has 1 N–H and O–H groups in total. The molecule has 0 unspecified atom stereocenters. The number of nitrogens with zero attached hydrogens (tertiary/aromatic N) is 2. The van der Waals surface area contributed by atoms with E-state index in [0.29, 0.717) is 25.9 Å². The topological polar surface area (TPSA) is 64.0 Å². The Morgan fingerprint density at radius 3 is 1.90 bits per heavy atom. The highest BCUT2D eigenvalue weighted by molar-refractivity contribution is 9.10. The van der Waals surface area contributed by atoms with Gasteiger partial charge in [0.15, 0.2) is 0 Å². The summed E-state index contributed by atoms with van der Waals surface area (Å²) in [4.78, 5) is 3.93. The first-order valence-corrected chi connectivity index (χ1v) is 11.8.